The molecular weight excluding hydrogens is 332 g/mol. The van der Waals surface area contributed by atoms with Gasteiger partial charge >= 0.3 is 6.18 Å². The molecule has 1 N–H and O–H groups in total. The van der Waals surface area contributed by atoms with E-state index in [2.05, 4.69) is 15.9 Å². The Balaban J connectivity index is 2.72. The molecule has 2 nitrogen and oxygen atoms in total. The van der Waals surface area contributed by atoms with E-state index in [0.717, 1.165) is 4.47 Å². The van der Waals surface area contributed by atoms with Gasteiger partial charge in [-0.3, -0.25) is 0 Å². The molecule has 0 aliphatic heterocycles. The Labute approximate surface area is 116 Å². The van der Waals surface area contributed by atoms with Crippen molar-refractivity contribution in [3.8, 4) is 5.75 Å². The van der Waals surface area contributed by atoms with Crippen molar-refractivity contribution >= 4 is 15.9 Å². The molecule has 19 heavy (non-hydrogen) atoms. The Bertz CT molecular complexity index is 403. The predicted molar refractivity (Wildman–Crippen MR) is 65.8 cm³/mol. The summed E-state index contributed by atoms with van der Waals surface area (Å²) in [6.07, 6.45) is -7.23. The van der Waals surface area contributed by atoms with Crippen molar-refractivity contribution in [2.45, 2.75) is 31.3 Å². The normalized spacial score (nSPS) is 16.8. The average molecular weight is 345 g/mol. The van der Waals surface area contributed by atoms with Crippen LogP contribution in [-0.2, 0) is 0 Å². The molecule has 0 saturated heterocycles. The van der Waals surface area contributed by atoms with Crippen molar-refractivity contribution in [2.75, 3.05) is 6.61 Å². The minimum absolute atomic E-state index is 0.264. The lowest BCUT2D eigenvalue weighted by Crippen LogP contribution is -2.43. The third-order valence-corrected chi connectivity index (χ3v) is 3.05. The zero-order chi connectivity index (χ0) is 14.7. The summed E-state index contributed by atoms with van der Waals surface area (Å²) in [6, 6.07) is 6.27. The van der Waals surface area contributed by atoms with Crippen LogP contribution < -0.4 is 4.74 Å². The summed E-state index contributed by atoms with van der Waals surface area (Å²) in [5.74, 6) is 0.264. The van der Waals surface area contributed by atoms with Gasteiger partial charge < -0.3 is 9.84 Å². The molecule has 2 atom stereocenters. The van der Waals surface area contributed by atoms with Crippen molar-refractivity contribution in [1.82, 2.24) is 0 Å². The van der Waals surface area contributed by atoms with Gasteiger partial charge in [0.15, 0.2) is 0 Å². The minimum Gasteiger partial charge on any atom is -0.488 e. The van der Waals surface area contributed by atoms with Crippen LogP contribution in [0.5, 0.6) is 5.75 Å². The molecule has 0 bridgehead atoms. The van der Waals surface area contributed by atoms with Crippen LogP contribution in [0.1, 0.15) is 13.3 Å². The van der Waals surface area contributed by atoms with Crippen molar-refractivity contribution in [1.29, 1.82) is 0 Å². The maximum Gasteiger partial charge on any atom is 0.422 e. The Hall–Kier alpha value is -0.820. The summed E-state index contributed by atoms with van der Waals surface area (Å²) in [4.78, 5) is 0. The standard InChI is InChI=1S/C12H13BrF4O2/c1-11(14,12(15,16)17)6-10(7-18)19-9-4-2-8(13)3-5-9/h2-5,10,18H,6-7H2,1H3. The number of hydrogen-bond acceptors (Lipinski definition) is 2. The number of ether oxygens (including phenoxy) is 1. The highest BCUT2D eigenvalue weighted by Gasteiger charge is 2.53. The number of aliphatic hydroxyl groups is 1. The van der Waals surface area contributed by atoms with Crippen molar-refractivity contribution in [3.63, 3.8) is 0 Å². The zero-order valence-corrected chi connectivity index (χ0v) is 11.6. The molecule has 1 aromatic rings. The molecule has 0 aromatic heterocycles. The van der Waals surface area contributed by atoms with Crippen LogP contribution in [-0.4, -0.2) is 29.7 Å². The van der Waals surface area contributed by atoms with E-state index >= 15 is 0 Å². The second kappa shape index (κ2) is 6.09. The van der Waals surface area contributed by atoms with E-state index in [9.17, 15) is 17.6 Å². The van der Waals surface area contributed by atoms with Crippen LogP contribution >= 0.6 is 15.9 Å². The second-order valence-corrected chi connectivity index (χ2v) is 5.19. The van der Waals surface area contributed by atoms with Gasteiger partial charge in [-0.2, -0.15) is 13.2 Å². The third kappa shape index (κ3) is 4.65. The summed E-state index contributed by atoms with van der Waals surface area (Å²) >= 11 is 3.19. The molecule has 0 spiro atoms. The molecule has 0 fully saturated rings. The lowest BCUT2D eigenvalue weighted by atomic mass is 10.00. The maximum absolute atomic E-state index is 13.5. The van der Waals surface area contributed by atoms with Crippen molar-refractivity contribution in [2.24, 2.45) is 0 Å². The molecule has 1 rings (SSSR count). The van der Waals surface area contributed by atoms with E-state index in [0.29, 0.717) is 6.92 Å². The van der Waals surface area contributed by atoms with Gasteiger partial charge in [0.25, 0.3) is 0 Å². The highest BCUT2D eigenvalue weighted by atomic mass is 79.9. The molecule has 0 aliphatic rings. The number of rotatable bonds is 5. The fraction of sp³-hybridized carbons (Fsp3) is 0.500. The first-order valence-corrected chi connectivity index (χ1v) is 6.24. The van der Waals surface area contributed by atoms with Gasteiger partial charge in [-0.1, -0.05) is 15.9 Å². The molecule has 7 heteroatoms. The monoisotopic (exact) mass is 344 g/mol. The predicted octanol–water partition coefficient (Wildman–Crippen LogP) is 3.87. The van der Waals surface area contributed by atoms with Gasteiger partial charge in [0.05, 0.1) is 6.61 Å². The molecule has 108 valence electrons. The van der Waals surface area contributed by atoms with Crippen molar-refractivity contribution in [3.05, 3.63) is 28.7 Å². The van der Waals surface area contributed by atoms with E-state index in [-0.39, 0.29) is 5.75 Å². The van der Waals surface area contributed by atoms with E-state index in [1.807, 2.05) is 0 Å². The first-order chi connectivity index (χ1) is 8.65. The van der Waals surface area contributed by atoms with Crippen LogP contribution in [0.25, 0.3) is 0 Å². The van der Waals surface area contributed by atoms with Gasteiger partial charge in [-0.15, -0.1) is 0 Å². The summed E-state index contributed by atoms with van der Waals surface area (Å²) in [5, 5.41) is 9.00. The fourth-order valence-corrected chi connectivity index (χ4v) is 1.66. The van der Waals surface area contributed by atoms with Crippen molar-refractivity contribution < 1.29 is 27.4 Å². The van der Waals surface area contributed by atoms with E-state index < -0.39 is 31.0 Å². The molecular formula is C12H13BrF4O2. The van der Waals surface area contributed by atoms with E-state index in [1.54, 1.807) is 12.1 Å². The first-order valence-electron chi connectivity index (χ1n) is 5.44. The molecule has 0 heterocycles. The van der Waals surface area contributed by atoms with Gasteiger partial charge in [-0.05, 0) is 31.2 Å². The van der Waals surface area contributed by atoms with Crippen LogP contribution in [0.4, 0.5) is 17.6 Å². The molecule has 0 radical (unpaired) electrons. The smallest absolute Gasteiger partial charge is 0.422 e. The number of aliphatic hydroxyl groups excluding tert-OH is 1. The summed E-state index contributed by atoms with van der Waals surface area (Å²) in [7, 11) is 0. The fourth-order valence-electron chi connectivity index (χ4n) is 1.39. The lowest BCUT2D eigenvalue weighted by molar-refractivity contribution is -0.231. The molecule has 0 aliphatic carbocycles. The van der Waals surface area contributed by atoms with E-state index in [4.69, 9.17) is 9.84 Å². The highest BCUT2D eigenvalue weighted by Crippen LogP contribution is 2.37. The number of hydrogen-bond donors (Lipinski definition) is 1. The van der Waals surface area contributed by atoms with Crippen LogP contribution in [0, 0.1) is 0 Å². The minimum atomic E-state index is -5.00. The summed E-state index contributed by atoms with van der Waals surface area (Å²) in [5.41, 5.74) is -3.41. The topological polar surface area (TPSA) is 29.5 Å². The highest BCUT2D eigenvalue weighted by molar-refractivity contribution is 9.10. The number of halogens is 5. The second-order valence-electron chi connectivity index (χ2n) is 4.28. The van der Waals surface area contributed by atoms with Gasteiger partial charge in [-0.25, -0.2) is 4.39 Å². The quantitative estimate of drug-likeness (QED) is 0.821. The average Bonchev–Trinajstić information content (AvgIpc) is 2.29. The van der Waals surface area contributed by atoms with Gasteiger partial charge in [0, 0.05) is 10.9 Å². The largest absolute Gasteiger partial charge is 0.488 e. The zero-order valence-electron chi connectivity index (χ0n) is 10.0. The Kier molecular flexibility index (Phi) is 5.20. The number of benzene rings is 1. The maximum atomic E-state index is 13.5. The Morgan fingerprint density at radius 3 is 2.16 bits per heavy atom. The third-order valence-electron chi connectivity index (χ3n) is 2.52. The van der Waals surface area contributed by atoms with Crippen LogP contribution in [0.3, 0.4) is 0 Å². The summed E-state index contributed by atoms with van der Waals surface area (Å²) < 4.78 is 56.6. The van der Waals surface area contributed by atoms with Gasteiger partial charge in [0.1, 0.15) is 11.9 Å². The Morgan fingerprint density at radius 1 is 1.21 bits per heavy atom. The van der Waals surface area contributed by atoms with Gasteiger partial charge in [0.2, 0.25) is 5.67 Å². The number of alkyl halides is 4. The summed E-state index contributed by atoms with van der Waals surface area (Å²) in [6.45, 7) is -0.272. The molecule has 1 aromatic carbocycles. The Morgan fingerprint density at radius 2 is 1.74 bits per heavy atom. The SMILES string of the molecule is CC(F)(CC(CO)Oc1ccc(Br)cc1)C(F)(F)F. The first kappa shape index (κ1) is 16.2. The molecule has 2 unspecified atom stereocenters. The lowest BCUT2D eigenvalue weighted by Gasteiger charge is -2.27. The van der Waals surface area contributed by atoms with Crippen LogP contribution in [0.2, 0.25) is 0 Å². The van der Waals surface area contributed by atoms with E-state index in [1.165, 1.54) is 12.1 Å². The van der Waals surface area contributed by atoms with Crippen LogP contribution in [0.15, 0.2) is 28.7 Å². The molecule has 0 amide bonds. The molecule has 0 saturated carbocycles.